The molecule has 0 spiro atoms. The molecule has 2 N–H and O–H groups in total. The lowest BCUT2D eigenvalue weighted by molar-refractivity contribution is -0.137. The van der Waals surface area contributed by atoms with E-state index in [-0.39, 0.29) is 17.5 Å². The van der Waals surface area contributed by atoms with E-state index in [0.717, 1.165) is 27.8 Å². The van der Waals surface area contributed by atoms with Gasteiger partial charge in [-0.15, -0.1) is 11.3 Å². The molecular formula is C25H19F4NO2S. The molecular weight excluding hydrogens is 454 g/mol. The van der Waals surface area contributed by atoms with Gasteiger partial charge >= 0.3 is 12.1 Å². The van der Waals surface area contributed by atoms with Crippen LogP contribution < -0.4 is 5.32 Å². The normalized spacial score (nSPS) is 11.8. The number of carbonyl (C=O) groups is 1. The molecule has 8 heteroatoms. The first-order valence-corrected chi connectivity index (χ1v) is 11.0. The van der Waals surface area contributed by atoms with E-state index in [1.165, 1.54) is 23.5 Å². The second-order valence-electron chi connectivity index (χ2n) is 7.54. The number of carboxylic acids is 1. The zero-order chi connectivity index (χ0) is 23.6. The van der Waals surface area contributed by atoms with Crippen molar-refractivity contribution in [3.63, 3.8) is 0 Å². The Kier molecular flexibility index (Phi) is 6.49. The van der Waals surface area contributed by atoms with Crippen LogP contribution in [0.3, 0.4) is 0 Å². The highest BCUT2D eigenvalue weighted by atomic mass is 32.1. The molecule has 0 aliphatic carbocycles. The van der Waals surface area contributed by atoms with Gasteiger partial charge in [-0.25, -0.2) is 4.39 Å². The second-order valence-corrected chi connectivity index (χ2v) is 8.63. The average Bonchev–Trinajstić information content (AvgIpc) is 3.19. The number of halogens is 4. The fourth-order valence-electron chi connectivity index (χ4n) is 3.60. The number of hydrogen-bond donors (Lipinski definition) is 2. The fourth-order valence-corrected chi connectivity index (χ4v) is 4.74. The number of fused-ring (bicyclic) bond motifs is 1. The van der Waals surface area contributed by atoms with Crippen LogP contribution in [0.4, 0.5) is 17.6 Å². The molecule has 1 aromatic heterocycles. The maximum absolute atomic E-state index is 15.0. The summed E-state index contributed by atoms with van der Waals surface area (Å²) in [5, 5.41) is 12.5. The summed E-state index contributed by atoms with van der Waals surface area (Å²) in [6.07, 6.45) is -4.63. The first-order valence-electron chi connectivity index (χ1n) is 10.1. The highest BCUT2D eigenvalue weighted by Gasteiger charge is 2.35. The third-order valence-electron chi connectivity index (χ3n) is 5.19. The molecule has 0 aliphatic rings. The number of carboxylic acid groups (broad SMARTS) is 1. The Hall–Kier alpha value is -3.23. The van der Waals surface area contributed by atoms with Crippen molar-refractivity contribution >= 4 is 27.4 Å². The summed E-state index contributed by atoms with van der Waals surface area (Å²) < 4.78 is 57.4. The smallest absolute Gasteiger partial charge is 0.417 e. The molecule has 1 heterocycles. The Balaban J connectivity index is 1.69. The van der Waals surface area contributed by atoms with E-state index in [9.17, 15) is 18.0 Å². The van der Waals surface area contributed by atoms with E-state index >= 15 is 4.39 Å². The van der Waals surface area contributed by atoms with Gasteiger partial charge in [0.2, 0.25) is 0 Å². The standard InChI is InChI=1S/C25H19F4NO2S/c26-21-13-18(16-4-2-1-3-5-16)20(25(27,28)29)12-19(21)23-11-17-7-6-15(10-22(17)33-23)14-30-9-8-24(31)32/h1-7,10-13,30H,8-9,14H2,(H,31,32). The van der Waals surface area contributed by atoms with Crippen LogP contribution in [0.5, 0.6) is 0 Å². The van der Waals surface area contributed by atoms with Crippen molar-refractivity contribution in [2.24, 2.45) is 0 Å². The van der Waals surface area contributed by atoms with Crippen LogP contribution in [0.1, 0.15) is 17.5 Å². The van der Waals surface area contributed by atoms with E-state index in [2.05, 4.69) is 5.32 Å². The number of nitrogens with one attached hydrogen (secondary N) is 1. The van der Waals surface area contributed by atoms with Crippen LogP contribution >= 0.6 is 11.3 Å². The number of benzene rings is 3. The van der Waals surface area contributed by atoms with Gasteiger partial charge in [0.25, 0.3) is 0 Å². The SMILES string of the molecule is O=C(O)CCNCc1ccc2cc(-c3cc(C(F)(F)F)c(-c4ccccc4)cc3F)sc2c1. The Morgan fingerprint density at radius 2 is 1.73 bits per heavy atom. The van der Waals surface area contributed by atoms with Crippen LogP contribution in [0.25, 0.3) is 31.7 Å². The van der Waals surface area contributed by atoms with Gasteiger partial charge in [-0.1, -0.05) is 42.5 Å². The molecule has 3 nitrogen and oxygen atoms in total. The van der Waals surface area contributed by atoms with E-state index < -0.39 is 23.5 Å². The molecule has 0 saturated carbocycles. The first-order chi connectivity index (χ1) is 15.7. The Labute approximate surface area is 191 Å². The van der Waals surface area contributed by atoms with E-state index in [1.54, 1.807) is 24.3 Å². The van der Waals surface area contributed by atoms with Gasteiger partial charge in [-0.05, 0) is 46.3 Å². The van der Waals surface area contributed by atoms with Gasteiger partial charge in [0.15, 0.2) is 0 Å². The minimum Gasteiger partial charge on any atom is -0.481 e. The van der Waals surface area contributed by atoms with Crippen LogP contribution in [-0.2, 0) is 17.5 Å². The van der Waals surface area contributed by atoms with Crippen molar-refractivity contribution in [3.8, 4) is 21.6 Å². The quantitative estimate of drug-likeness (QED) is 0.225. The lowest BCUT2D eigenvalue weighted by atomic mass is 9.96. The molecule has 4 rings (SSSR count). The Morgan fingerprint density at radius 3 is 2.42 bits per heavy atom. The lowest BCUT2D eigenvalue weighted by Gasteiger charge is -2.15. The first kappa shape index (κ1) is 22.9. The Bertz CT molecular complexity index is 1300. The molecule has 170 valence electrons. The maximum atomic E-state index is 15.0. The minimum atomic E-state index is -4.64. The minimum absolute atomic E-state index is 0.00515. The van der Waals surface area contributed by atoms with Crippen molar-refractivity contribution in [2.45, 2.75) is 19.1 Å². The largest absolute Gasteiger partial charge is 0.481 e. The predicted octanol–water partition coefficient (Wildman–Crippen LogP) is 6.96. The molecule has 0 radical (unpaired) electrons. The summed E-state index contributed by atoms with van der Waals surface area (Å²) in [4.78, 5) is 11.0. The molecule has 0 atom stereocenters. The van der Waals surface area contributed by atoms with E-state index in [1.807, 2.05) is 18.2 Å². The highest BCUT2D eigenvalue weighted by molar-refractivity contribution is 7.22. The third kappa shape index (κ3) is 5.23. The van der Waals surface area contributed by atoms with Crippen LogP contribution in [-0.4, -0.2) is 17.6 Å². The number of aliphatic carboxylic acids is 1. The monoisotopic (exact) mass is 473 g/mol. The fraction of sp³-hybridized carbons (Fsp3) is 0.160. The second kappa shape index (κ2) is 9.33. The Morgan fingerprint density at radius 1 is 0.970 bits per heavy atom. The van der Waals surface area contributed by atoms with Gasteiger partial charge in [-0.2, -0.15) is 13.2 Å². The highest BCUT2D eigenvalue weighted by Crippen LogP contribution is 2.43. The zero-order valence-electron chi connectivity index (χ0n) is 17.2. The number of rotatable bonds is 7. The van der Waals surface area contributed by atoms with Crippen molar-refractivity contribution in [1.82, 2.24) is 5.32 Å². The van der Waals surface area contributed by atoms with Gasteiger partial charge in [-0.3, -0.25) is 4.79 Å². The summed E-state index contributed by atoms with van der Waals surface area (Å²) in [5.41, 5.74) is 0.0271. The number of alkyl halides is 3. The molecule has 0 unspecified atom stereocenters. The van der Waals surface area contributed by atoms with Crippen molar-refractivity contribution < 1.29 is 27.5 Å². The van der Waals surface area contributed by atoms with Crippen molar-refractivity contribution in [2.75, 3.05) is 6.54 Å². The van der Waals surface area contributed by atoms with Crippen molar-refractivity contribution in [3.05, 3.63) is 83.7 Å². The molecule has 33 heavy (non-hydrogen) atoms. The van der Waals surface area contributed by atoms with Gasteiger partial charge in [0.05, 0.1) is 12.0 Å². The summed E-state index contributed by atoms with van der Waals surface area (Å²) in [7, 11) is 0. The van der Waals surface area contributed by atoms with Crippen LogP contribution in [0.2, 0.25) is 0 Å². The molecule has 0 saturated heterocycles. The topological polar surface area (TPSA) is 49.3 Å². The summed E-state index contributed by atoms with van der Waals surface area (Å²) in [5.74, 6) is -1.61. The molecule has 3 aromatic carbocycles. The zero-order valence-corrected chi connectivity index (χ0v) is 18.1. The molecule has 0 fully saturated rings. The maximum Gasteiger partial charge on any atom is 0.417 e. The summed E-state index contributed by atoms with van der Waals surface area (Å²) in [6.45, 7) is 0.775. The predicted molar refractivity (Wildman–Crippen MR) is 122 cm³/mol. The van der Waals surface area contributed by atoms with Gasteiger partial charge in [0, 0.05) is 28.2 Å². The van der Waals surface area contributed by atoms with Gasteiger partial charge in [0.1, 0.15) is 5.82 Å². The molecule has 0 bridgehead atoms. The average molecular weight is 473 g/mol. The van der Waals surface area contributed by atoms with E-state index in [0.29, 0.717) is 23.5 Å². The molecule has 4 aromatic rings. The van der Waals surface area contributed by atoms with Gasteiger partial charge < -0.3 is 10.4 Å². The number of thiophene rings is 1. The third-order valence-corrected chi connectivity index (χ3v) is 6.32. The molecule has 0 aliphatic heterocycles. The van der Waals surface area contributed by atoms with Crippen LogP contribution in [0, 0.1) is 5.82 Å². The number of hydrogen-bond acceptors (Lipinski definition) is 3. The lowest BCUT2D eigenvalue weighted by Crippen LogP contribution is -2.17. The van der Waals surface area contributed by atoms with Crippen molar-refractivity contribution in [1.29, 1.82) is 0 Å². The summed E-state index contributed by atoms with van der Waals surface area (Å²) >= 11 is 1.21. The molecule has 0 amide bonds. The van der Waals surface area contributed by atoms with Crippen LogP contribution in [0.15, 0.2) is 66.7 Å². The summed E-state index contributed by atoms with van der Waals surface area (Å²) in [6, 6.07) is 17.0. The van der Waals surface area contributed by atoms with E-state index in [4.69, 9.17) is 5.11 Å².